The van der Waals surface area contributed by atoms with Crippen molar-refractivity contribution in [3.8, 4) is 0 Å². The SMILES string of the molecule is CC(C)N(CC(=O)O)c1cc(=O)[nH]c(C2CC2)n1. The Bertz CT molecular complexity index is 506. The zero-order chi connectivity index (χ0) is 13.3. The Morgan fingerprint density at radius 1 is 1.61 bits per heavy atom. The van der Waals surface area contributed by atoms with Gasteiger partial charge in [-0.25, -0.2) is 4.98 Å². The second kappa shape index (κ2) is 4.80. The molecule has 18 heavy (non-hydrogen) atoms. The molecule has 0 atom stereocenters. The molecular formula is C12H17N3O3. The van der Waals surface area contributed by atoms with E-state index in [1.165, 1.54) is 6.07 Å². The maximum Gasteiger partial charge on any atom is 0.323 e. The van der Waals surface area contributed by atoms with Crippen LogP contribution in [0.3, 0.4) is 0 Å². The number of aliphatic carboxylic acids is 1. The number of nitrogens with one attached hydrogen (secondary N) is 1. The summed E-state index contributed by atoms with van der Waals surface area (Å²) in [4.78, 5) is 31.1. The molecule has 0 unspecified atom stereocenters. The first-order valence-corrected chi connectivity index (χ1v) is 6.07. The average molecular weight is 251 g/mol. The summed E-state index contributed by atoms with van der Waals surface area (Å²) in [5, 5.41) is 8.90. The molecule has 0 radical (unpaired) electrons. The van der Waals surface area contributed by atoms with Crippen LogP contribution in [0.2, 0.25) is 0 Å². The minimum Gasteiger partial charge on any atom is -0.480 e. The average Bonchev–Trinajstić information content (AvgIpc) is 3.08. The molecule has 1 aliphatic carbocycles. The summed E-state index contributed by atoms with van der Waals surface area (Å²) >= 11 is 0. The summed E-state index contributed by atoms with van der Waals surface area (Å²) in [6.45, 7) is 3.60. The molecule has 1 aliphatic rings. The summed E-state index contributed by atoms with van der Waals surface area (Å²) in [7, 11) is 0. The van der Waals surface area contributed by atoms with Crippen LogP contribution in [0.4, 0.5) is 5.82 Å². The van der Waals surface area contributed by atoms with Gasteiger partial charge in [-0.05, 0) is 26.7 Å². The Morgan fingerprint density at radius 3 is 2.78 bits per heavy atom. The van der Waals surface area contributed by atoms with Crippen LogP contribution in [0.25, 0.3) is 0 Å². The Kier molecular flexibility index (Phi) is 3.36. The Labute approximate surface area is 105 Å². The van der Waals surface area contributed by atoms with Gasteiger partial charge in [-0.3, -0.25) is 9.59 Å². The first-order chi connectivity index (χ1) is 8.47. The van der Waals surface area contributed by atoms with Gasteiger partial charge in [0, 0.05) is 18.0 Å². The van der Waals surface area contributed by atoms with E-state index in [-0.39, 0.29) is 18.1 Å². The van der Waals surface area contributed by atoms with E-state index >= 15 is 0 Å². The summed E-state index contributed by atoms with van der Waals surface area (Å²) < 4.78 is 0. The quantitative estimate of drug-likeness (QED) is 0.813. The largest absolute Gasteiger partial charge is 0.480 e. The number of hydrogen-bond donors (Lipinski definition) is 2. The molecule has 0 bridgehead atoms. The molecule has 0 amide bonds. The molecule has 1 saturated carbocycles. The molecule has 0 spiro atoms. The molecule has 1 fully saturated rings. The normalized spacial score (nSPS) is 14.8. The fourth-order valence-corrected chi connectivity index (χ4v) is 1.83. The van der Waals surface area contributed by atoms with Crippen LogP contribution >= 0.6 is 0 Å². The standard InChI is InChI=1S/C12H17N3O3/c1-7(2)15(6-11(17)18)9-5-10(16)14-12(13-9)8-3-4-8/h5,7-8H,3-4,6H2,1-2H3,(H,17,18)(H,13,14,16). The number of aromatic amines is 1. The van der Waals surface area contributed by atoms with E-state index in [1.807, 2.05) is 13.8 Å². The molecule has 0 saturated heterocycles. The van der Waals surface area contributed by atoms with Gasteiger partial charge in [-0.2, -0.15) is 0 Å². The lowest BCUT2D eigenvalue weighted by Crippen LogP contribution is -2.37. The summed E-state index contributed by atoms with van der Waals surface area (Å²) in [5.74, 6) is 0.516. The fraction of sp³-hybridized carbons (Fsp3) is 0.583. The second-order valence-electron chi connectivity index (χ2n) is 4.88. The number of aromatic nitrogens is 2. The molecular weight excluding hydrogens is 234 g/mol. The van der Waals surface area contributed by atoms with Crippen molar-refractivity contribution in [3.63, 3.8) is 0 Å². The van der Waals surface area contributed by atoms with E-state index in [2.05, 4.69) is 9.97 Å². The van der Waals surface area contributed by atoms with Crippen LogP contribution in [0.5, 0.6) is 0 Å². The van der Waals surface area contributed by atoms with Gasteiger partial charge >= 0.3 is 5.97 Å². The molecule has 0 aliphatic heterocycles. The van der Waals surface area contributed by atoms with Crippen LogP contribution < -0.4 is 10.5 Å². The first-order valence-electron chi connectivity index (χ1n) is 6.07. The van der Waals surface area contributed by atoms with Crippen molar-refractivity contribution >= 4 is 11.8 Å². The van der Waals surface area contributed by atoms with Crippen molar-refractivity contribution in [3.05, 3.63) is 22.2 Å². The number of rotatable bonds is 5. The van der Waals surface area contributed by atoms with Crippen LogP contribution in [-0.2, 0) is 4.79 Å². The number of carbonyl (C=O) groups is 1. The minimum atomic E-state index is -0.932. The number of carboxylic acid groups (broad SMARTS) is 1. The summed E-state index contributed by atoms with van der Waals surface area (Å²) in [5.41, 5.74) is -0.224. The van der Waals surface area contributed by atoms with Crippen LogP contribution in [-0.4, -0.2) is 33.6 Å². The van der Waals surface area contributed by atoms with Crippen molar-refractivity contribution in [2.75, 3.05) is 11.4 Å². The van der Waals surface area contributed by atoms with E-state index < -0.39 is 5.97 Å². The zero-order valence-corrected chi connectivity index (χ0v) is 10.5. The van der Waals surface area contributed by atoms with Gasteiger partial charge in [0.2, 0.25) is 0 Å². The topological polar surface area (TPSA) is 86.3 Å². The highest BCUT2D eigenvalue weighted by Crippen LogP contribution is 2.37. The van der Waals surface area contributed by atoms with Gasteiger partial charge in [0.1, 0.15) is 18.2 Å². The maximum absolute atomic E-state index is 11.6. The van der Waals surface area contributed by atoms with Crippen LogP contribution in [0, 0.1) is 0 Å². The smallest absolute Gasteiger partial charge is 0.323 e. The second-order valence-corrected chi connectivity index (χ2v) is 4.88. The van der Waals surface area contributed by atoms with Crippen LogP contribution in [0.15, 0.2) is 10.9 Å². The molecule has 2 N–H and O–H groups in total. The lowest BCUT2D eigenvalue weighted by molar-refractivity contribution is -0.135. The van der Waals surface area contributed by atoms with Gasteiger partial charge in [0.15, 0.2) is 0 Å². The van der Waals surface area contributed by atoms with Gasteiger partial charge in [0.05, 0.1) is 0 Å². The number of H-pyrrole nitrogens is 1. The molecule has 1 aromatic rings. The van der Waals surface area contributed by atoms with Crippen molar-refractivity contribution < 1.29 is 9.90 Å². The van der Waals surface area contributed by atoms with Gasteiger partial charge in [0.25, 0.3) is 5.56 Å². The maximum atomic E-state index is 11.6. The van der Waals surface area contributed by atoms with E-state index in [4.69, 9.17) is 5.11 Å². The Morgan fingerprint density at radius 2 is 2.28 bits per heavy atom. The molecule has 6 nitrogen and oxygen atoms in total. The highest BCUT2D eigenvalue weighted by Gasteiger charge is 2.27. The molecule has 0 aromatic carbocycles. The van der Waals surface area contributed by atoms with E-state index in [1.54, 1.807) is 4.90 Å². The molecule has 98 valence electrons. The fourth-order valence-electron chi connectivity index (χ4n) is 1.83. The zero-order valence-electron chi connectivity index (χ0n) is 10.5. The summed E-state index contributed by atoms with van der Waals surface area (Å²) in [6.07, 6.45) is 2.07. The van der Waals surface area contributed by atoms with Crippen molar-refractivity contribution in [1.82, 2.24) is 9.97 Å². The lowest BCUT2D eigenvalue weighted by Gasteiger charge is -2.25. The number of hydrogen-bond acceptors (Lipinski definition) is 4. The summed E-state index contributed by atoms with van der Waals surface area (Å²) in [6, 6.07) is 1.33. The van der Waals surface area contributed by atoms with Crippen LogP contribution in [0.1, 0.15) is 38.4 Å². The van der Waals surface area contributed by atoms with Crippen molar-refractivity contribution in [1.29, 1.82) is 0 Å². The third-order valence-corrected chi connectivity index (χ3v) is 2.93. The highest BCUT2D eigenvalue weighted by atomic mass is 16.4. The van der Waals surface area contributed by atoms with Gasteiger partial charge in [-0.15, -0.1) is 0 Å². The Balaban J connectivity index is 2.33. The van der Waals surface area contributed by atoms with Gasteiger partial charge in [-0.1, -0.05) is 0 Å². The molecule has 1 aromatic heterocycles. The number of nitrogens with zero attached hydrogens (tertiary/aromatic N) is 2. The third-order valence-electron chi connectivity index (χ3n) is 2.93. The lowest BCUT2D eigenvalue weighted by atomic mass is 10.3. The Hall–Kier alpha value is -1.85. The number of anilines is 1. The van der Waals surface area contributed by atoms with E-state index in [0.29, 0.717) is 17.6 Å². The number of carboxylic acids is 1. The minimum absolute atomic E-state index is 0.0255. The third kappa shape index (κ3) is 2.88. The molecule has 6 heteroatoms. The molecule has 1 heterocycles. The predicted octanol–water partition coefficient (Wildman–Crippen LogP) is 0.947. The highest BCUT2D eigenvalue weighted by molar-refractivity contribution is 5.73. The first kappa shape index (κ1) is 12.6. The monoisotopic (exact) mass is 251 g/mol. The van der Waals surface area contributed by atoms with E-state index in [0.717, 1.165) is 12.8 Å². The van der Waals surface area contributed by atoms with E-state index in [9.17, 15) is 9.59 Å². The predicted molar refractivity (Wildman–Crippen MR) is 67.0 cm³/mol. The van der Waals surface area contributed by atoms with Crippen molar-refractivity contribution in [2.45, 2.75) is 38.6 Å². The van der Waals surface area contributed by atoms with Crippen molar-refractivity contribution in [2.24, 2.45) is 0 Å². The van der Waals surface area contributed by atoms with Gasteiger partial charge < -0.3 is 15.0 Å². The molecule has 2 rings (SSSR count).